The summed E-state index contributed by atoms with van der Waals surface area (Å²) in [5, 5.41) is 5.43. The van der Waals surface area contributed by atoms with Crippen molar-refractivity contribution < 1.29 is 22.7 Å². The van der Waals surface area contributed by atoms with Crippen LogP contribution in [0.1, 0.15) is 24.2 Å². The lowest BCUT2D eigenvalue weighted by molar-refractivity contribution is -0.153. The number of benzene rings is 1. The molecule has 0 spiro atoms. The van der Waals surface area contributed by atoms with E-state index in [9.17, 15) is 18.0 Å². The molecule has 0 radical (unpaired) electrons. The van der Waals surface area contributed by atoms with Crippen molar-refractivity contribution in [2.45, 2.75) is 25.7 Å². The van der Waals surface area contributed by atoms with Crippen LogP contribution in [-0.2, 0) is 6.54 Å². The van der Waals surface area contributed by atoms with Gasteiger partial charge in [-0.15, -0.1) is 0 Å². The van der Waals surface area contributed by atoms with Gasteiger partial charge in [0.2, 0.25) is 0 Å². The maximum absolute atomic E-state index is 12.1. The van der Waals surface area contributed by atoms with E-state index in [4.69, 9.17) is 0 Å². The Labute approximate surface area is 143 Å². The summed E-state index contributed by atoms with van der Waals surface area (Å²) in [6, 6.07) is 10.8. The number of halogens is 3. The molecule has 0 bridgehead atoms. The molecule has 0 saturated carbocycles. The highest BCUT2D eigenvalue weighted by molar-refractivity contribution is 5.74. The molecule has 1 aromatic carbocycles. The largest absolute Gasteiger partial charge is 0.484 e. The molecule has 0 aliphatic carbocycles. The van der Waals surface area contributed by atoms with E-state index in [0.717, 1.165) is 11.3 Å². The fraction of sp³-hybridized carbons (Fsp3) is 0.294. The second-order valence-corrected chi connectivity index (χ2v) is 5.34. The fourth-order valence-electron chi connectivity index (χ4n) is 2.02. The Kier molecular flexibility index (Phi) is 6.21. The standard InChI is InChI=1S/C17H18F3N3O2/c1-12(23-16(24)22-10-14-4-2-3-9-21-14)13-5-7-15(8-6-13)25-11-17(18,19)20/h2-9,12H,10-11H2,1H3,(H2,22,23,24). The van der Waals surface area contributed by atoms with E-state index in [1.54, 1.807) is 37.4 Å². The second-order valence-electron chi connectivity index (χ2n) is 5.34. The highest BCUT2D eigenvalue weighted by atomic mass is 19.4. The summed E-state index contributed by atoms with van der Waals surface area (Å²) in [6.07, 6.45) is -2.74. The Hall–Kier alpha value is -2.77. The summed E-state index contributed by atoms with van der Waals surface area (Å²) < 4.78 is 41.0. The lowest BCUT2D eigenvalue weighted by Gasteiger charge is -2.16. The number of pyridine rings is 1. The van der Waals surface area contributed by atoms with Crippen LogP contribution >= 0.6 is 0 Å². The Morgan fingerprint density at radius 2 is 1.92 bits per heavy atom. The van der Waals surface area contributed by atoms with Crippen molar-refractivity contribution in [1.82, 2.24) is 15.6 Å². The van der Waals surface area contributed by atoms with Gasteiger partial charge in [-0.3, -0.25) is 4.98 Å². The molecule has 2 N–H and O–H groups in total. The van der Waals surface area contributed by atoms with Gasteiger partial charge in [-0.2, -0.15) is 13.2 Å². The van der Waals surface area contributed by atoms with Gasteiger partial charge >= 0.3 is 12.2 Å². The second kappa shape index (κ2) is 8.36. The van der Waals surface area contributed by atoms with E-state index < -0.39 is 12.8 Å². The molecule has 2 aromatic rings. The molecule has 1 atom stereocenters. The fourth-order valence-corrected chi connectivity index (χ4v) is 2.02. The van der Waals surface area contributed by atoms with Crippen LogP contribution in [0.5, 0.6) is 5.75 Å². The zero-order valence-electron chi connectivity index (χ0n) is 13.5. The summed E-state index contributed by atoms with van der Waals surface area (Å²) in [7, 11) is 0. The number of amides is 2. The predicted octanol–water partition coefficient (Wildman–Crippen LogP) is 3.58. The summed E-state index contributed by atoms with van der Waals surface area (Å²) in [5.74, 6) is 0.118. The lowest BCUT2D eigenvalue weighted by Crippen LogP contribution is -2.36. The van der Waals surface area contributed by atoms with Crippen molar-refractivity contribution in [3.05, 3.63) is 59.9 Å². The third kappa shape index (κ3) is 6.70. The first kappa shape index (κ1) is 18.6. The number of rotatable bonds is 6. The van der Waals surface area contributed by atoms with E-state index in [-0.39, 0.29) is 17.8 Å². The zero-order valence-corrected chi connectivity index (χ0v) is 13.5. The summed E-state index contributed by atoms with van der Waals surface area (Å²) in [4.78, 5) is 16.0. The summed E-state index contributed by atoms with van der Waals surface area (Å²) >= 11 is 0. The van der Waals surface area contributed by atoms with Gasteiger partial charge < -0.3 is 15.4 Å². The lowest BCUT2D eigenvalue weighted by atomic mass is 10.1. The number of nitrogens with one attached hydrogen (secondary N) is 2. The van der Waals surface area contributed by atoms with Crippen LogP contribution in [-0.4, -0.2) is 23.8 Å². The van der Waals surface area contributed by atoms with Crippen LogP contribution in [0, 0.1) is 0 Å². The summed E-state index contributed by atoms with van der Waals surface area (Å²) in [6.45, 7) is 0.728. The molecule has 0 aliphatic rings. The van der Waals surface area contributed by atoms with E-state index in [1.807, 2.05) is 6.07 Å². The van der Waals surface area contributed by atoms with E-state index in [1.165, 1.54) is 12.1 Å². The average Bonchev–Trinajstić information content (AvgIpc) is 2.59. The zero-order chi connectivity index (χ0) is 18.3. The molecule has 1 heterocycles. The number of carbonyl (C=O) groups excluding carboxylic acids is 1. The van der Waals surface area contributed by atoms with Crippen LogP contribution < -0.4 is 15.4 Å². The number of carbonyl (C=O) groups is 1. The topological polar surface area (TPSA) is 63.2 Å². The Morgan fingerprint density at radius 3 is 2.52 bits per heavy atom. The normalized spacial score (nSPS) is 12.3. The first-order chi connectivity index (χ1) is 11.8. The van der Waals surface area contributed by atoms with Gasteiger partial charge in [-0.25, -0.2) is 4.79 Å². The minimum absolute atomic E-state index is 0.118. The molecule has 25 heavy (non-hydrogen) atoms. The van der Waals surface area contributed by atoms with Gasteiger partial charge in [0.1, 0.15) is 5.75 Å². The van der Waals surface area contributed by atoms with Crippen LogP contribution in [0.25, 0.3) is 0 Å². The first-order valence-electron chi connectivity index (χ1n) is 7.57. The van der Waals surface area contributed by atoms with Gasteiger partial charge in [-0.1, -0.05) is 18.2 Å². The first-order valence-corrected chi connectivity index (χ1v) is 7.57. The van der Waals surface area contributed by atoms with Crippen LogP contribution in [0.4, 0.5) is 18.0 Å². The van der Waals surface area contributed by atoms with Crippen LogP contribution in [0.3, 0.4) is 0 Å². The van der Waals surface area contributed by atoms with Gasteiger partial charge in [-0.05, 0) is 36.8 Å². The number of hydrogen-bond acceptors (Lipinski definition) is 3. The van der Waals surface area contributed by atoms with Crippen molar-refractivity contribution in [1.29, 1.82) is 0 Å². The quantitative estimate of drug-likeness (QED) is 0.834. The minimum atomic E-state index is -4.38. The molecule has 2 rings (SSSR count). The number of hydrogen-bond donors (Lipinski definition) is 2. The monoisotopic (exact) mass is 353 g/mol. The smallest absolute Gasteiger partial charge is 0.422 e. The molecule has 0 aliphatic heterocycles. The number of urea groups is 1. The molecule has 5 nitrogen and oxygen atoms in total. The van der Waals surface area contributed by atoms with Gasteiger partial charge in [0.15, 0.2) is 6.61 Å². The van der Waals surface area contributed by atoms with Crippen LogP contribution in [0.2, 0.25) is 0 Å². The molecular formula is C17H18F3N3O2. The van der Waals surface area contributed by atoms with Gasteiger partial charge in [0.05, 0.1) is 18.3 Å². The Morgan fingerprint density at radius 1 is 1.20 bits per heavy atom. The maximum Gasteiger partial charge on any atom is 0.422 e. The molecule has 0 saturated heterocycles. The maximum atomic E-state index is 12.1. The van der Waals surface area contributed by atoms with Crippen molar-refractivity contribution in [3.8, 4) is 5.75 Å². The number of aromatic nitrogens is 1. The molecule has 8 heteroatoms. The van der Waals surface area contributed by atoms with E-state index >= 15 is 0 Å². The van der Waals surface area contributed by atoms with E-state index in [0.29, 0.717) is 6.54 Å². The number of alkyl halides is 3. The van der Waals surface area contributed by atoms with Crippen molar-refractivity contribution >= 4 is 6.03 Å². The molecule has 2 amide bonds. The van der Waals surface area contributed by atoms with E-state index in [2.05, 4.69) is 20.4 Å². The Balaban J connectivity index is 1.81. The van der Waals surface area contributed by atoms with Crippen molar-refractivity contribution in [3.63, 3.8) is 0 Å². The number of nitrogens with zero attached hydrogens (tertiary/aromatic N) is 1. The predicted molar refractivity (Wildman–Crippen MR) is 86.0 cm³/mol. The third-order valence-electron chi connectivity index (χ3n) is 3.29. The van der Waals surface area contributed by atoms with Crippen molar-refractivity contribution in [2.75, 3.05) is 6.61 Å². The highest BCUT2D eigenvalue weighted by Gasteiger charge is 2.28. The number of ether oxygens (including phenoxy) is 1. The minimum Gasteiger partial charge on any atom is -0.484 e. The van der Waals surface area contributed by atoms with Gasteiger partial charge in [0.25, 0.3) is 0 Å². The third-order valence-corrected chi connectivity index (χ3v) is 3.29. The van der Waals surface area contributed by atoms with Gasteiger partial charge in [0, 0.05) is 6.20 Å². The molecular weight excluding hydrogens is 335 g/mol. The SMILES string of the molecule is CC(NC(=O)NCc1ccccn1)c1ccc(OCC(F)(F)F)cc1. The highest BCUT2D eigenvalue weighted by Crippen LogP contribution is 2.21. The average molecular weight is 353 g/mol. The molecule has 1 aromatic heterocycles. The Bertz CT molecular complexity index is 676. The van der Waals surface area contributed by atoms with Crippen LogP contribution in [0.15, 0.2) is 48.7 Å². The van der Waals surface area contributed by atoms with Crippen molar-refractivity contribution in [2.24, 2.45) is 0 Å². The molecule has 0 fully saturated rings. The molecule has 1 unspecified atom stereocenters. The summed E-state index contributed by atoms with van der Waals surface area (Å²) in [5.41, 5.74) is 1.48. The molecule has 134 valence electrons.